The van der Waals surface area contributed by atoms with Crippen molar-refractivity contribution in [3.05, 3.63) is 65.7 Å². The van der Waals surface area contributed by atoms with Crippen molar-refractivity contribution in [2.24, 2.45) is 10.9 Å². The summed E-state index contributed by atoms with van der Waals surface area (Å²) in [6.45, 7) is 9.07. The van der Waals surface area contributed by atoms with Crippen LogP contribution in [-0.4, -0.2) is 38.7 Å². The van der Waals surface area contributed by atoms with Gasteiger partial charge in [-0.1, -0.05) is 42.5 Å². The maximum absolute atomic E-state index is 6.04. The third-order valence-electron chi connectivity index (χ3n) is 6.37. The minimum Gasteiger partial charge on any atom is -0.373 e. The lowest BCUT2D eigenvalue weighted by molar-refractivity contribution is 0.0925. The van der Waals surface area contributed by atoms with Crippen molar-refractivity contribution in [1.29, 1.82) is 0 Å². The molecule has 32 heavy (non-hydrogen) atoms. The first-order chi connectivity index (χ1) is 15.2. The summed E-state index contributed by atoms with van der Waals surface area (Å²) in [6, 6.07) is 19.7. The molecule has 6 heteroatoms. The van der Waals surface area contributed by atoms with E-state index in [1.165, 1.54) is 42.7 Å². The van der Waals surface area contributed by atoms with Gasteiger partial charge in [-0.05, 0) is 56.4 Å². The molecule has 0 spiro atoms. The highest BCUT2D eigenvalue weighted by atomic mass is 127. The maximum Gasteiger partial charge on any atom is 0.191 e. The average Bonchev–Trinajstić information content (AvgIpc) is 3.50. The zero-order valence-electron chi connectivity index (χ0n) is 19.3. The number of hydrogen-bond donors (Lipinski definition) is 2. The van der Waals surface area contributed by atoms with Gasteiger partial charge in [0, 0.05) is 44.4 Å². The number of rotatable bonds is 7. The Hall–Kier alpha value is -1.80. The summed E-state index contributed by atoms with van der Waals surface area (Å²) >= 11 is 0. The first-order valence-electron chi connectivity index (χ1n) is 11.8. The first kappa shape index (κ1) is 24.8. The smallest absolute Gasteiger partial charge is 0.191 e. The van der Waals surface area contributed by atoms with Crippen LogP contribution in [0.15, 0.2) is 59.6 Å². The van der Waals surface area contributed by atoms with Crippen LogP contribution in [0, 0.1) is 5.92 Å². The van der Waals surface area contributed by atoms with Crippen molar-refractivity contribution >= 4 is 35.6 Å². The summed E-state index contributed by atoms with van der Waals surface area (Å²) < 4.78 is 6.04. The molecule has 0 saturated carbocycles. The molecule has 0 amide bonds. The molecule has 0 aliphatic carbocycles. The highest BCUT2D eigenvalue weighted by Gasteiger charge is 2.29. The van der Waals surface area contributed by atoms with E-state index in [0.29, 0.717) is 5.92 Å². The molecule has 0 radical (unpaired) electrons. The van der Waals surface area contributed by atoms with E-state index in [-0.39, 0.29) is 36.1 Å². The molecular weight excluding hydrogens is 511 g/mol. The third-order valence-corrected chi connectivity index (χ3v) is 6.37. The largest absolute Gasteiger partial charge is 0.373 e. The van der Waals surface area contributed by atoms with E-state index >= 15 is 0 Å². The highest BCUT2D eigenvalue weighted by molar-refractivity contribution is 14.0. The standard InChI is InChI=1S/C26H36N4O.HI/c1-3-27-26(28-19-23-14-17-31-25(23)21-10-5-4-6-11-21)29-20(2)22-12-9-13-24(18-22)30-15-7-8-16-30;/h4-6,9-13,18,20,23,25H,3,7-8,14-17,19H2,1-2H3,(H2,27,28,29);1H. The predicted octanol–water partition coefficient (Wildman–Crippen LogP) is 5.30. The van der Waals surface area contributed by atoms with Crippen LogP contribution >= 0.6 is 24.0 Å². The van der Waals surface area contributed by atoms with E-state index in [9.17, 15) is 0 Å². The lowest BCUT2D eigenvalue weighted by Crippen LogP contribution is -2.39. The van der Waals surface area contributed by atoms with E-state index in [2.05, 4.69) is 84.0 Å². The lowest BCUT2D eigenvalue weighted by Gasteiger charge is -2.22. The highest BCUT2D eigenvalue weighted by Crippen LogP contribution is 2.34. The van der Waals surface area contributed by atoms with Crippen LogP contribution in [0.5, 0.6) is 0 Å². The maximum atomic E-state index is 6.04. The normalized spacial score (nSPS) is 21.8. The van der Waals surface area contributed by atoms with Crippen molar-refractivity contribution in [3.8, 4) is 0 Å². The number of guanidine groups is 1. The molecule has 174 valence electrons. The summed E-state index contributed by atoms with van der Waals surface area (Å²) in [5, 5.41) is 7.03. The first-order valence-corrected chi connectivity index (χ1v) is 11.8. The van der Waals surface area contributed by atoms with Gasteiger partial charge in [-0.2, -0.15) is 0 Å². The molecule has 2 saturated heterocycles. The molecule has 2 fully saturated rings. The second-order valence-electron chi connectivity index (χ2n) is 8.63. The van der Waals surface area contributed by atoms with Crippen molar-refractivity contribution in [3.63, 3.8) is 0 Å². The van der Waals surface area contributed by atoms with E-state index in [0.717, 1.165) is 32.1 Å². The number of hydrogen-bond acceptors (Lipinski definition) is 3. The van der Waals surface area contributed by atoms with Gasteiger partial charge in [0.1, 0.15) is 0 Å². The molecule has 2 N–H and O–H groups in total. The predicted molar refractivity (Wildman–Crippen MR) is 144 cm³/mol. The molecule has 3 atom stereocenters. The number of nitrogens with one attached hydrogen (secondary N) is 2. The molecular formula is C26H37IN4O. The van der Waals surface area contributed by atoms with Crippen LogP contribution in [0.2, 0.25) is 0 Å². The molecule has 3 unspecified atom stereocenters. The topological polar surface area (TPSA) is 48.9 Å². The van der Waals surface area contributed by atoms with E-state index in [4.69, 9.17) is 9.73 Å². The molecule has 4 rings (SSSR count). The number of benzene rings is 2. The SMILES string of the molecule is CCNC(=NCC1CCOC1c1ccccc1)NC(C)c1cccc(N2CCCC2)c1.I. The summed E-state index contributed by atoms with van der Waals surface area (Å²) in [6.07, 6.45) is 3.78. The Morgan fingerprint density at radius 1 is 1.12 bits per heavy atom. The molecule has 0 aromatic heterocycles. The molecule has 0 bridgehead atoms. The number of aliphatic imine (C=N–C) groups is 1. The van der Waals surface area contributed by atoms with Gasteiger partial charge in [-0.25, -0.2) is 0 Å². The van der Waals surface area contributed by atoms with Gasteiger partial charge in [0.05, 0.1) is 12.1 Å². The Bertz CT molecular complexity index is 854. The lowest BCUT2D eigenvalue weighted by atomic mass is 9.95. The van der Waals surface area contributed by atoms with Gasteiger partial charge in [-0.3, -0.25) is 4.99 Å². The second-order valence-corrected chi connectivity index (χ2v) is 8.63. The second kappa shape index (κ2) is 12.4. The molecule has 5 nitrogen and oxygen atoms in total. The van der Waals surface area contributed by atoms with E-state index in [1.807, 2.05) is 0 Å². The molecule has 2 aromatic carbocycles. The van der Waals surface area contributed by atoms with Gasteiger partial charge in [0.15, 0.2) is 5.96 Å². The minimum atomic E-state index is 0. The number of halogens is 1. The Morgan fingerprint density at radius 3 is 2.66 bits per heavy atom. The zero-order chi connectivity index (χ0) is 21.5. The van der Waals surface area contributed by atoms with Crippen LogP contribution in [-0.2, 0) is 4.74 Å². The van der Waals surface area contributed by atoms with E-state index < -0.39 is 0 Å². The Balaban J connectivity index is 0.00000289. The fourth-order valence-corrected chi connectivity index (χ4v) is 4.62. The monoisotopic (exact) mass is 548 g/mol. The van der Waals surface area contributed by atoms with Crippen LogP contribution in [0.3, 0.4) is 0 Å². The summed E-state index contributed by atoms with van der Waals surface area (Å²) in [7, 11) is 0. The third kappa shape index (κ3) is 6.38. The van der Waals surface area contributed by atoms with Crippen LogP contribution in [0.1, 0.15) is 56.4 Å². The Labute approximate surface area is 210 Å². The van der Waals surface area contributed by atoms with Crippen molar-refractivity contribution in [2.45, 2.75) is 45.3 Å². The summed E-state index contributed by atoms with van der Waals surface area (Å²) in [4.78, 5) is 7.43. The number of ether oxygens (including phenoxy) is 1. The molecule has 2 heterocycles. The van der Waals surface area contributed by atoms with Gasteiger partial charge in [0.2, 0.25) is 0 Å². The molecule has 2 aromatic rings. The fourth-order valence-electron chi connectivity index (χ4n) is 4.62. The Kier molecular flexibility index (Phi) is 9.66. The van der Waals surface area contributed by atoms with Crippen LogP contribution in [0.25, 0.3) is 0 Å². The summed E-state index contributed by atoms with van der Waals surface area (Å²) in [5.74, 6) is 1.28. The van der Waals surface area contributed by atoms with Crippen LogP contribution in [0.4, 0.5) is 5.69 Å². The van der Waals surface area contributed by atoms with Gasteiger partial charge in [0.25, 0.3) is 0 Å². The van der Waals surface area contributed by atoms with Gasteiger partial charge >= 0.3 is 0 Å². The minimum absolute atomic E-state index is 0. The van der Waals surface area contributed by atoms with Crippen molar-refractivity contribution in [2.75, 3.05) is 37.7 Å². The number of nitrogens with zero attached hydrogens (tertiary/aromatic N) is 2. The van der Waals surface area contributed by atoms with E-state index in [1.54, 1.807) is 0 Å². The summed E-state index contributed by atoms with van der Waals surface area (Å²) in [5.41, 5.74) is 3.88. The molecule has 2 aliphatic heterocycles. The Morgan fingerprint density at radius 2 is 1.91 bits per heavy atom. The van der Waals surface area contributed by atoms with Crippen molar-refractivity contribution < 1.29 is 4.74 Å². The fraction of sp³-hybridized carbons (Fsp3) is 0.500. The van der Waals surface area contributed by atoms with Gasteiger partial charge in [-0.15, -0.1) is 24.0 Å². The van der Waals surface area contributed by atoms with Crippen LogP contribution < -0.4 is 15.5 Å². The average molecular weight is 549 g/mol. The number of anilines is 1. The van der Waals surface area contributed by atoms with Gasteiger partial charge < -0.3 is 20.3 Å². The quantitative estimate of drug-likeness (QED) is 0.280. The van der Waals surface area contributed by atoms with Crippen molar-refractivity contribution in [1.82, 2.24) is 10.6 Å². The molecule has 2 aliphatic rings. The zero-order valence-corrected chi connectivity index (χ0v) is 21.6.